The summed E-state index contributed by atoms with van der Waals surface area (Å²) in [6.07, 6.45) is 0. The summed E-state index contributed by atoms with van der Waals surface area (Å²) in [5, 5.41) is 9.61. The van der Waals surface area contributed by atoms with Crippen molar-refractivity contribution in [3.8, 4) is 0 Å². The molecule has 0 aliphatic heterocycles. The fraction of sp³-hybridized carbons (Fsp3) is 0.0588. The van der Waals surface area contributed by atoms with Crippen molar-refractivity contribution in [1.29, 1.82) is 0 Å². The zero-order chi connectivity index (χ0) is 19.6. The van der Waals surface area contributed by atoms with Gasteiger partial charge in [-0.3, -0.25) is 9.59 Å². The van der Waals surface area contributed by atoms with E-state index in [4.69, 9.17) is 39.5 Å². The average Bonchev–Trinajstić information content (AvgIpc) is 2.65. The Balaban J connectivity index is 1.71. The van der Waals surface area contributed by atoms with Crippen LogP contribution in [0.25, 0.3) is 10.8 Å². The van der Waals surface area contributed by atoms with Crippen LogP contribution in [0.4, 0.5) is 5.69 Å². The van der Waals surface area contributed by atoms with Gasteiger partial charge in [0.1, 0.15) is 0 Å². The van der Waals surface area contributed by atoms with Gasteiger partial charge in [0.25, 0.3) is 11.5 Å². The lowest BCUT2D eigenvalue weighted by atomic mass is 10.1. The number of carbonyl (C=O) groups excluding carboxylic acids is 2. The van der Waals surface area contributed by atoms with Gasteiger partial charge < -0.3 is 10.1 Å². The molecule has 3 aromatic rings. The molecular formula is C17H10Cl3N3O4. The van der Waals surface area contributed by atoms with Gasteiger partial charge >= 0.3 is 5.97 Å². The highest BCUT2D eigenvalue weighted by Gasteiger charge is 2.17. The number of hydrogen-bond acceptors (Lipinski definition) is 5. The third kappa shape index (κ3) is 4.21. The Morgan fingerprint density at radius 3 is 2.44 bits per heavy atom. The van der Waals surface area contributed by atoms with Crippen LogP contribution in [0.1, 0.15) is 10.5 Å². The number of rotatable bonds is 4. The van der Waals surface area contributed by atoms with Gasteiger partial charge in [0.05, 0.1) is 26.1 Å². The van der Waals surface area contributed by atoms with Gasteiger partial charge in [-0.05, 0) is 18.2 Å². The molecule has 138 valence electrons. The van der Waals surface area contributed by atoms with Crippen LogP contribution in [0.15, 0.2) is 41.2 Å². The first-order chi connectivity index (χ1) is 12.9. The first kappa shape index (κ1) is 19.2. The minimum atomic E-state index is -0.863. The number of carbonyl (C=O) groups is 2. The molecule has 3 rings (SSSR count). The quantitative estimate of drug-likeness (QED) is 0.489. The zero-order valence-electron chi connectivity index (χ0n) is 13.4. The maximum absolute atomic E-state index is 12.2. The molecule has 0 unspecified atom stereocenters. The second-order valence-electron chi connectivity index (χ2n) is 5.32. The summed E-state index contributed by atoms with van der Waals surface area (Å²) in [6, 6.07) is 9.17. The topological polar surface area (TPSA) is 101 Å². The molecule has 0 atom stereocenters. The molecule has 0 aliphatic carbocycles. The SMILES string of the molecule is O=C(COC(=O)c1n[nH]c(=O)c2ccccc12)Nc1cc(Cl)c(Cl)cc1Cl. The molecule has 27 heavy (non-hydrogen) atoms. The van der Waals surface area contributed by atoms with Crippen LogP contribution in [0.3, 0.4) is 0 Å². The molecule has 1 aromatic heterocycles. The molecule has 10 heteroatoms. The molecular weight excluding hydrogens is 417 g/mol. The van der Waals surface area contributed by atoms with Crippen LogP contribution in [0.2, 0.25) is 15.1 Å². The lowest BCUT2D eigenvalue weighted by molar-refractivity contribution is -0.119. The van der Waals surface area contributed by atoms with Crippen molar-refractivity contribution in [2.75, 3.05) is 11.9 Å². The number of aromatic nitrogens is 2. The molecule has 2 aromatic carbocycles. The van der Waals surface area contributed by atoms with E-state index in [1.165, 1.54) is 12.1 Å². The van der Waals surface area contributed by atoms with E-state index in [9.17, 15) is 14.4 Å². The second-order valence-corrected chi connectivity index (χ2v) is 6.54. The summed E-state index contributed by atoms with van der Waals surface area (Å²) in [4.78, 5) is 36.0. The number of fused-ring (bicyclic) bond motifs is 1. The number of amides is 1. The summed E-state index contributed by atoms with van der Waals surface area (Å²) in [5.41, 5.74) is -0.320. The van der Waals surface area contributed by atoms with E-state index in [2.05, 4.69) is 15.5 Å². The van der Waals surface area contributed by atoms with Crippen LogP contribution < -0.4 is 10.9 Å². The summed E-state index contributed by atoms with van der Waals surface area (Å²) in [7, 11) is 0. The smallest absolute Gasteiger partial charge is 0.359 e. The fourth-order valence-corrected chi connectivity index (χ4v) is 2.87. The maximum Gasteiger partial charge on any atom is 0.359 e. The monoisotopic (exact) mass is 425 g/mol. The minimum absolute atomic E-state index is 0.106. The third-order valence-electron chi connectivity index (χ3n) is 3.51. The third-order valence-corrected chi connectivity index (χ3v) is 4.54. The minimum Gasteiger partial charge on any atom is -0.451 e. The van der Waals surface area contributed by atoms with E-state index in [1.54, 1.807) is 24.3 Å². The second kappa shape index (κ2) is 7.96. The lowest BCUT2D eigenvalue weighted by Gasteiger charge is -2.09. The van der Waals surface area contributed by atoms with Gasteiger partial charge in [0, 0.05) is 5.39 Å². The van der Waals surface area contributed by atoms with Crippen LogP contribution in [0.5, 0.6) is 0 Å². The van der Waals surface area contributed by atoms with Crippen LogP contribution in [-0.2, 0) is 9.53 Å². The maximum atomic E-state index is 12.2. The van der Waals surface area contributed by atoms with E-state index in [0.29, 0.717) is 5.39 Å². The van der Waals surface area contributed by atoms with Crippen LogP contribution >= 0.6 is 34.8 Å². The Morgan fingerprint density at radius 1 is 1.04 bits per heavy atom. The number of nitrogens with one attached hydrogen (secondary N) is 2. The molecule has 0 spiro atoms. The normalized spacial score (nSPS) is 10.6. The number of H-pyrrole nitrogens is 1. The number of ether oxygens (including phenoxy) is 1. The summed E-state index contributed by atoms with van der Waals surface area (Å²) in [6.45, 7) is -0.593. The predicted molar refractivity (Wildman–Crippen MR) is 103 cm³/mol. The number of halogens is 3. The van der Waals surface area contributed by atoms with E-state index >= 15 is 0 Å². The number of aromatic amines is 1. The Hall–Kier alpha value is -2.61. The highest BCUT2D eigenvalue weighted by atomic mass is 35.5. The van der Waals surface area contributed by atoms with Gasteiger partial charge in [-0.25, -0.2) is 9.89 Å². The van der Waals surface area contributed by atoms with Crippen molar-refractivity contribution in [2.24, 2.45) is 0 Å². The molecule has 0 saturated heterocycles. The van der Waals surface area contributed by atoms with Gasteiger partial charge in [0.15, 0.2) is 12.3 Å². The van der Waals surface area contributed by atoms with Gasteiger partial charge in [-0.2, -0.15) is 5.10 Å². The number of esters is 1. The summed E-state index contributed by atoms with van der Waals surface area (Å²) < 4.78 is 4.97. The highest BCUT2D eigenvalue weighted by Crippen LogP contribution is 2.32. The average molecular weight is 427 g/mol. The first-order valence-corrected chi connectivity index (χ1v) is 8.59. The van der Waals surface area contributed by atoms with E-state index in [0.717, 1.165) is 0 Å². The van der Waals surface area contributed by atoms with Gasteiger partial charge in [-0.1, -0.05) is 53.0 Å². The highest BCUT2D eigenvalue weighted by molar-refractivity contribution is 6.44. The van der Waals surface area contributed by atoms with Crippen molar-refractivity contribution in [2.45, 2.75) is 0 Å². The Bertz CT molecular complexity index is 1110. The standard InChI is InChI=1S/C17H10Cl3N3O4/c18-10-5-12(20)13(6-11(10)19)21-14(24)7-27-17(26)15-8-3-1-2-4-9(8)16(25)23-22-15/h1-6H,7H2,(H,21,24)(H,23,25). The molecule has 0 fully saturated rings. The van der Waals surface area contributed by atoms with E-state index in [-0.39, 0.29) is 31.8 Å². The van der Waals surface area contributed by atoms with Crippen LogP contribution in [-0.4, -0.2) is 28.7 Å². The fourth-order valence-electron chi connectivity index (χ4n) is 2.27. The van der Waals surface area contributed by atoms with Crippen molar-refractivity contribution in [3.63, 3.8) is 0 Å². The molecule has 0 radical (unpaired) electrons. The molecule has 0 aliphatic rings. The Kier molecular flexibility index (Phi) is 5.65. The van der Waals surface area contributed by atoms with Gasteiger partial charge in [-0.15, -0.1) is 0 Å². The molecule has 0 bridgehead atoms. The Morgan fingerprint density at radius 2 is 1.70 bits per heavy atom. The number of hydrogen-bond donors (Lipinski definition) is 2. The first-order valence-electron chi connectivity index (χ1n) is 7.45. The van der Waals surface area contributed by atoms with E-state index in [1.807, 2.05) is 0 Å². The Labute approximate surface area is 167 Å². The number of anilines is 1. The summed E-state index contributed by atoms with van der Waals surface area (Å²) in [5.74, 6) is -1.50. The molecule has 1 heterocycles. The largest absolute Gasteiger partial charge is 0.451 e. The molecule has 2 N–H and O–H groups in total. The molecule has 1 amide bonds. The number of nitrogens with zero attached hydrogens (tertiary/aromatic N) is 1. The van der Waals surface area contributed by atoms with Crippen molar-refractivity contribution in [3.05, 3.63) is 67.5 Å². The zero-order valence-corrected chi connectivity index (χ0v) is 15.7. The van der Waals surface area contributed by atoms with E-state index < -0.39 is 24.0 Å². The van der Waals surface area contributed by atoms with Crippen molar-refractivity contribution in [1.82, 2.24) is 10.2 Å². The van der Waals surface area contributed by atoms with Crippen molar-refractivity contribution >= 4 is 63.1 Å². The number of benzene rings is 2. The molecule has 0 saturated carbocycles. The predicted octanol–water partition coefficient (Wildman–Crippen LogP) is 3.68. The van der Waals surface area contributed by atoms with Crippen molar-refractivity contribution < 1.29 is 14.3 Å². The molecule has 7 nitrogen and oxygen atoms in total. The lowest BCUT2D eigenvalue weighted by Crippen LogP contribution is -2.22. The van der Waals surface area contributed by atoms with Crippen LogP contribution in [0, 0.1) is 0 Å². The van der Waals surface area contributed by atoms with Gasteiger partial charge in [0.2, 0.25) is 0 Å². The summed E-state index contributed by atoms with van der Waals surface area (Å²) >= 11 is 17.7.